The lowest BCUT2D eigenvalue weighted by Gasteiger charge is -2.06. The van der Waals surface area contributed by atoms with Crippen LogP contribution in [-0.4, -0.2) is 32.1 Å². The van der Waals surface area contributed by atoms with E-state index >= 15 is 0 Å². The van der Waals surface area contributed by atoms with Crippen LogP contribution in [0.3, 0.4) is 0 Å². The Morgan fingerprint density at radius 2 is 1.97 bits per heavy atom. The number of nitrogens with one attached hydrogen (secondary N) is 1. The second-order valence-electron chi connectivity index (χ2n) is 6.90. The minimum atomic E-state index is -0.305. The molecule has 31 heavy (non-hydrogen) atoms. The van der Waals surface area contributed by atoms with Gasteiger partial charge < -0.3 is 9.73 Å². The van der Waals surface area contributed by atoms with E-state index in [2.05, 4.69) is 20.6 Å². The van der Waals surface area contributed by atoms with Crippen molar-refractivity contribution in [1.82, 2.24) is 20.0 Å². The molecule has 0 aliphatic heterocycles. The number of carbonyl (C=O) groups is 1. The molecule has 9 heteroatoms. The number of oxazole rings is 1. The van der Waals surface area contributed by atoms with Gasteiger partial charge >= 0.3 is 0 Å². The standard InChI is InChI=1S/C22H20ClN5O2S/c1-13-20(21(29)24-17-5-4-6-18(11-17)31-3)26-27-28(13)12-19-14(2)30-22(25-19)15-7-9-16(23)10-8-15/h4-11H,12H2,1-3H3,(H,24,29). The molecule has 2 aromatic carbocycles. The number of thioether (sulfide) groups is 1. The number of benzene rings is 2. The van der Waals surface area contributed by atoms with E-state index in [0.29, 0.717) is 34.6 Å². The monoisotopic (exact) mass is 453 g/mol. The first-order chi connectivity index (χ1) is 14.9. The van der Waals surface area contributed by atoms with Crippen LogP contribution in [0.1, 0.15) is 27.6 Å². The topological polar surface area (TPSA) is 85.8 Å². The normalized spacial score (nSPS) is 11.0. The summed E-state index contributed by atoms with van der Waals surface area (Å²) in [5, 5.41) is 11.8. The van der Waals surface area contributed by atoms with Crippen molar-refractivity contribution in [3.63, 3.8) is 0 Å². The first-order valence-corrected chi connectivity index (χ1v) is 11.1. The van der Waals surface area contributed by atoms with Crippen molar-refractivity contribution < 1.29 is 9.21 Å². The predicted octanol–water partition coefficient (Wildman–Crippen LogP) is 5.23. The molecule has 2 heterocycles. The van der Waals surface area contributed by atoms with Gasteiger partial charge in [0.05, 0.1) is 12.2 Å². The largest absolute Gasteiger partial charge is 0.441 e. The number of aryl methyl sites for hydroxylation is 1. The molecule has 0 spiro atoms. The number of anilines is 1. The van der Waals surface area contributed by atoms with E-state index in [9.17, 15) is 4.79 Å². The van der Waals surface area contributed by atoms with Crippen molar-refractivity contribution in [3.8, 4) is 11.5 Å². The van der Waals surface area contributed by atoms with Gasteiger partial charge in [-0.2, -0.15) is 0 Å². The molecule has 7 nitrogen and oxygen atoms in total. The Balaban J connectivity index is 1.52. The molecule has 158 valence electrons. The molecule has 0 aliphatic carbocycles. The van der Waals surface area contributed by atoms with Gasteiger partial charge in [-0.3, -0.25) is 4.79 Å². The quantitative estimate of drug-likeness (QED) is 0.402. The van der Waals surface area contributed by atoms with Crippen molar-refractivity contribution in [2.45, 2.75) is 25.3 Å². The van der Waals surface area contributed by atoms with Crippen LogP contribution in [0.5, 0.6) is 0 Å². The molecular formula is C22H20ClN5O2S. The summed E-state index contributed by atoms with van der Waals surface area (Å²) in [7, 11) is 0. The van der Waals surface area contributed by atoms with Crippen molar-refractivity contribution in [3.05, 3.63) is 76.4 Å². The van der Waals surface area contributed by atoms with Gasteiger partial charge in [0.25, 0.3) is 5.91 Å². The number of amides is 1. The maximum Gasteiger partial charge on any atom is 0.278 e. The van der Waals surface area contributed by atoms with E-state index in [1.165, 1.54) is 0 Å². The first-order valence-electron chi connectivity index (χ1n) is 9.52. The summed E-state index contributed by atoms with van der Waals surface area (Å²) < 4.78 is 7.45. The zero-order chi connectivity index (χ0) is 22.0. The van der Waals surface area contributed by atoms with E-state index in [-0.39, 0.29) is 11.6 Å². The predicted molar refractivity (Wildman–Crippen MR) is 122 cm³/mol. The van der Waals surface area contributed by atoms with Crippen LogP contribution in [0, 0.1) is 13.8 Å². The van der Waals surface area contributed by atoms with Gasteiger partial charge in [0.2, 0.25) is 5.89 Å². The van der Waals surface area contributed by atoms with Crippen LogP contribution in [0.2, 0.25) is 5.02 Å². The smallest absolute Gasteiger partial charge is 0.278 e. The lowest BCUT2D eigenvalue weighted by atomic mass is 10.2. The maximum absolute atomic E-state index is 12.7. The highest BCUT2D eigenvalue weighted by molar-refractivity contribution is 7.98. The minimum absolute atomic E-state index is 0.272. The van der Waals surface area contributed by atoms with Crippen molar-refractivity contribution in [1.29, 1.82) is 0 Å². The number of halogens is 1. The number of rotatable bonds is 6. The van der Waals surface area contributed by atoms with Gasteiger partial charge in [-0.1, -0.05) is 22.9 Å². The average molecular weight is 454 g/mol. The molecule has 1 amide bonds. The summed E-state index contributed by atoms with van der Waals surface area (Å²) >= 11 is 7.56. The van der Waals surface area contributed by atoms with E-state index in [0.717, 1.165) is 16.2 Å². The molecule has 4 aromatic rings. The lowest BCUT2D eigenvalue weighted by Crippen LogP contribution is -2.14. The molecule has 0 saturated heterocycles. The van der Waals surface area contributed by atoms with E-state index in [1.54, 1.807) is 28.6 Å². The third-order valence-electron chi connectivity index (χ3n) is 4.81. The Bertz CT molecular complexity index is 1230. The fourth-order valence-electron chi connectivity index (χ4n) is 3.04. The molecule has 2 aromatic heterocycles. The summed E-state index contributed by atoms with van der Waals surface area (Å²) in [6.07, 6.45) is 1.99. The molecule has 0 aliphatic rings. The number of aromatic nitrogens is 4. The van der Waals surface area contributed by atoms with E-state index in [1.807, 2.05) is 56.5 Å². The SMILES string of the molecule is CSc1cccc(NC(=O)c2nnn(Cc3nc(-c4ccc(Cl)cc4)oc3C)c2C)c1. The summed E-state index contributed by atoms with van der Waals surface area (Å²) in [5.41, 5.74) is 3.19. The maximum atomic E-state index is 12.7. The van der Waals surface area contributed by atoms with Gasteiger partial charge in [-0.05, 0) is 62.6 Å². The third-order valence-corrected chi connectivity index (χ3v) is 5.79. The zero-order valence-electron chi connectivity index (χ0n) is 17.2. The van der Waals surface area contributed by atoms with Crippen LogP contribution in [0.15, 0.2) is 57.8 Å². The second kappa shape index (κ2) is 8.95. The molecule has 1 N–H and O–H groups in total. The highest BCUT2D eigenvalue weighted by Crippen LogP contribution is 2.24. The van der Waals surface area contributed by atoms with Crippen molar-refractivity contribution >= 4 is 35.0 Å². The Morgan fingerprint density at radius 3 is 2.71 bits per heavy atom. The molecule has 0 radical (unpaired) electrons. The highest BCUT2D eigenvalue weighted by Gasteiger charge is 2.19. The third kappa shape index (κ3) is 4.65. The van der Waals surface area contributed by atoms with Crippen LogP contribution in [0.4, 0.5) is 5.69 Å². The molecule has 0 bridgehead atoms. The number of hydrogen-bond donors (Lipinski definition) is 1. The fourth-order valence-corrected chi connectivity index (χ4v) is 3.63. The van der Waals surface area contributed by atoms with Crippen molar-refractivity contribution in [2.75, 3.05) is 11.6 Å². The lowest BCUT2D eigenvalue weighted by molar-refractivity contribution is 0.102. The Kier molecular flexibility index (Phi) is 6.11. The molecular weight excluding hydrogens is 434 g/mol. The molecule has 4 rings (SSSR count). The second-order valence-corrected chi connectivity index (χ2v) is 8.21. The van der Waals surface area contributed by atoms with Gasteiger partial charge in [-0.15, -0.1) is 16.9 Å². The Morgan fingerprint density at radius 1 is 1.19 bits per heavy atom. The summed E-state index contributed by atoms with van der Waals surface area (Å²) in [6, 6.07) is 14.9. The van der Waals surface area contributed by atoms with Crippen molar-refractivity contribution in [2.24, 2.45) is 0 Å². The molecule has 0 unspecified atom stereocenters. The van der Waals surface area contributed by atoms with Crippen LogP contribution in [-0.2, 0) is 6.54 Å². The molecule has 0 fully saturated rings. The average Bonchev–Trinajstić information content (AvgIpc) is 3.31. The van der Waals surface area contributed by atoms with Gasteiger partial charge in [-0.25, -0.2) is 9.67 Å². The van der Waals surface area contributed by atoms with Crippen LogP contribution >= 0.6 is 23.4 Å². The number of nitrogens with zero attached hydrogens (tertiary/aromatic N) is 4. The Hall–Kier alpha value is -3.10. The van der Waals surface area contributed by atoms with Gasteiger partial charge in [0.1, 0.15) is 11.5 Å². The Labute approximate surface area is 188 Å². The van der Waals surface area contributed by atoms with Crippen LogP contribution in [0.25, 0.3) is 11.5 Å². The van der Waals surface area contributed by atoms with Crippen LogP contribution < -0.4 is 5.32 Å². The molecule has 0 saturated carbocycles. The minimum Gasteiger partial charge on any atom is -0.441 e. The summed E-state index contributed by atoms with van der Waals surface area (Å²) in [6.45, 7) is 4.00. The number of hydrogen-bond acceptors (Lipinski definition) is 6. The van der Waals surface area contributed by atoms with Gasteiger partial charge in [0, 0.05) is 21.2 Å². The summed E-state index contributed by atoms with van der Waals surface area (Å²) in [4.78, 5) is 18.4. The van der Waals surface area contributed by atoms with Gasteiger partial charge in [0.15, 0.2) is 5.69 Å². The molecule has 0 atom stereocenters. The summed E-state index contributed by atoms with van der Waals surface area (Å²) in [5.74, 6) is 0.883. The first kappa shape index (κ1) is 21.1. The van der Waals surface area contributed by atoms with E-state index in [4.69, 9.17) is 16.0 Å². The van der Waals surface area contributed by atoms with E-state index < -0.39 is 0 Å². The number of carbonyl (C=O) groups excluding carboxylic acids is 1. The fraction of sp³-hybridized carbons (Fsp3) is 0.182. The highest BCUT2D eigenvalue weighted by atomic mass is 35.5. The zero-order valence-corrected chi connectivity index (χ0v) is 18.8.